The van der Waals surface area contributed by atoms with Crippen LogP contribution in [-0.4, -0.2) is 62.4 Å². The maximum atomic E-state index is 11.3. The Morgan fingerprint density at radius 2 is 2.10 bits per heavy atom. The third-order valence-corrected chi connectivity index (χ3v) is 4.23. The summed E-state index contributed by atoms with van der Waals surface area (Å²) in [6.07, 6.45) is 1.23. The van der Waals surface area contributed by atoms with Gasteiger partial charge >= 0.3 is 0 Å². The molecule has 1 aromatic rings. The summed E-state index contributed by atoms with van der Waals surface area (Å²) < 4.78 is 29.6. The minimum Gasteiger partial charge on any atom is -0.481 e. The Hall–Kier alpha value is -1.12. The molecule has 0 aromatic carbocycles. The molecular formula is C12H24N4O3S. The van der Waals surface area contributed by atoms with Gasteiger partial charge in [0.15, 0.2) is 0 Å². The van der Waals surface area contributed by atoms with Crippen LogP contribution in [0.3, 0.4) is 0 Å². The summed E-state index contributed by atoms with van der Waals surface area (Å²) >= 11 is 0. The molecule has 116 valence electrons. The Labute approximate surface area is 120 Å². The molecule has 0 aliphatic heterocycles. The van der Waals surface area contributed by atoms with Gasteiger partial charge < -0.3 is 10.5 Å². The molecule has 8 heteroatoms. The first-order chi connectivity index (χ1) is 9.21. The Balaban J connectivity index is 3.01. The molecule has 20 heavy (non-hydrogen) atoms. The van der Waals surface area contributed by atoms with Crippen LogP contribution >= 0.6 is 0 Å². The van der Waals surface area contributed by atoms with E-state index in [4.69, 9.17) is 10.5 Å². The maximum Gasteiger partial charge on any atom is 0.216 e. The van der Waals surface area contributed by atoms with Crippen LogP contribution in [0.2, 0.25) is 0 Å². The first kappa shape index (κ1) is 16.9. The predicted molar refractivity (Wildman–Crippen MR) is 78.6 cm³/mol. The minimum atomic E-state index is -3.00. The number of likely N-dealkylation sites (N-methyl/N-ethyl adjacent to an activating group) is 1. The molecule has 0 saturated heterocycles. The molecule has 1 atom stereocenters. The quantitative estimate of drug-likeness (QED) is 0.744. The summed E-state index contributed by atoms with van der Waals surface area (Å²) in [5.74, 6) is 0.755. The summed E-state index contributed by atoms with van der Waals surface area (Å²) in [5, 5.41) is 4.33. The zero-order chi connectivity index (χ0) is 15.5. The number of aryl methyl sites for hydroxylation is 2. The van der Waals surface area contributed by atoms with Crippen LogP contribution in [0.4, 0.5) is 0 Å². The van der Waals surface area contributed by atoms with E-state index in [2.05, 4.69) is 5.10 Å². The first-order valence-corrected chi connectivity index (χ1v) is 8.42. The van der Waals surface area contributed by atoms with E-state index in [1.165, 1.54) is 6.26 Å². The van der Waals surface area contributed by atoms with Crippen molar-refractivity contribution in [2.45, 2.75) is 13.0 Å². The van der Waals surface area contributed by atoms with Crippen LogP contribution in [0.25, 0.3) is 0 Å². The fourth-order valence-corrected chi connectivity index (χ4v) is 2.88. The van der Waals surface area contributed by atoms with E-state index in [1.54, 1.807) is 18.8 Å². The Bertz CT molecular complexity index is 553. The molecule has 0 amide bonds. The third kappa shape index (κ3) is 3.94. The molecule has 0 saturated carbocycles. The lowest BCUT2D eigenvalue weighted by atomic mass is 10.1. The van der Waals surface area contributed by atoms with E-state index >= 15 is 0 Å². The number of nitrogens with zero attached hydrogens (tertiary/aromatic N) is 3. The highest BCUT2D eigenvalue weighted by molar-refractivity contribution is 7.90. The van der Waals surface area contributed by atoms with Gasteiger partial charge in [0.1, 0.15) is 9.84 Å². The smallest absolute Gasteiger partial charge is 0.216 e. The standard InChI is InChI=1S/C12H24N4O3S/c1-9-11(12(19-4)16(3)14-9)10(8-13)15(2)6-7-20(5,17)18/h10H,6-8,13H2,1-5H3. The second kappa shape index (κ2) is 6.55. The molecule has 0 bridgehead atoms. The highest BCUT2D eigenvalue weighted by atomic mass is 32.2. The lowest BCUT2D eigenvalue weighted by molar-refractivity contribution is 0.254. The number of sulfone groups is 1. The fourth-order valence-electron chi connectivity index (χ4n) is 2.26. The lowest BCUT2D eigenvalue weighted by Crippen LogP contribution is -2.34. The summed E-state index contributed by atoms with van der Waals surface area (Å²) in [6, 6.07) is -0.125. The minimum absolute atomic E-state index is 0.0988. The van der Waals surface area contributed by atoms with Crippen LogP contribution in [0.15, 0.2) is 0 Å². The van der Waals surface area contributed by atoms with Gasteiger partial charge in [-0.2, -0.15) is 5.10 Å². The van der Waals surface area contributed by atoms with Crippen molar-refractivity contribution in [3.63, 3.8) is 0 Å². The molecular weight excluding hydrogens is 280 g/mol. The second-order valence-electron chi connectivity index (χ2n) is 4.99. The molecule has 1 heterocycles. The number of rotatable bonds is 7. The van der Waals surface area contributed by atoms with Crippen molar-refractivity contribution in [1.82, 2.24) is 14.7 Å². The average Bonchev–Trinajstić information content (AvgIpc) is 2.62. The first-order valence-electron chi connectivity index (χ1n) is 6.36. The van der Waals surface area contributed by atoms with Crippen LogP contribution in [0, 0.1) is 6.92 Å². The number of methoxy groups -OCH3 is 1. The maximum absolute atomic E-state index is 11.3. The molecule has 1 unspecified atom stereocenters. The molecule has 0 radical (unpaired) electrons. The highest BCUT2D eigenvalue weighted by Crippen LogP contribution is 2.30. The molecule has 0 aliphatic carbocycles. The zero-order valence-corrected chi connectivity index (χ0v) is 13.6. The molecule has 0 aliphatic rings. The van der Waals surface area contributed by atoms with E-state index < -0.39 is 9.84 Å². The second-order valence-corrected chi connectivity index (χ2v) is 7.25. The van der Waals surface area contributed by atoms with Crippen molar-refractivity contribution >= 4 is 9.84 Å². The van der Waals surface area contributed by atoms with Crippen molar-refractivity contribution in [1.29, 1.82) is 0 Å². The van der Waals surface area contributed by atoms with Gasteiger partial charge in [-0.25, -0.2) is 13.1 Å². The zero-order valence-electron chi connectivity index (χ0n) is 12.8. The monoisotopic (exact) mass is 304 g/mol. The molecule has 2 N–H and O–H groups in total. The molecule has 1 rings (SSSR count). The van der Waals surface area contributed by atoms with E-state index in [0.717, 1.165) is 11.3 Å². The molecule has 7 nitrogen and oxygen atoms in total. The van der Waals surface area contributed by atoms with Crippen molar-refractivity contribution < 1.29 is 13.2 Å². The molecule has 1 aromatic heterocycles. The Morgan fingerprint density at radius 1 is 1.50 bits per heavy atom. The lowest BCUT2D eigenvalue weighted by Gasteiger charge is -2.27. The Kier molecular flexibility index (Phi) is 5.55. The van der Waals surface area contributed by atoms with Crippen molar-refractivity contribution in [2.24, 2.45) is 12.8 Å². The number of ether oxygens (including phenoxy) is 1. The van der Waals surface area contributed by atoms with E-state index in [9.17, 15) is 8.42 Å². The molecule has 0 fully saturated rings. The van der Waals surface area contributed by atoms with Gasteiger partial charge in [-0.3, -0.25) is 4.90 Å². The molecule has 0 spiro atoms. The summed E-state index contributed by atoms with van der Waals surface area (Å²) in [4.78, 5) is 1.92. The number of hydrogen-bond donors (Lipinski definition) is 1. The van der Waals surface area contributed by atoms with Crippen molar-refractivity contribution in [3.8, 4) is 5.88 Å². The Morgan fingerprint density at radius 3 is 2.55 bits per heavy atom. The van der Waals surface area contributed by atoms with Gasteiger partial charge in [-0.1, -0.05) is 0 Å². The van der Waals surface area contributed by atoms with Gasteiger partial charge in [0, 0.05) is 26.4 Å². The van der Waals surface area contributed by atoms with E-state index in [0.29, 0.717) is 19.0 Å². The van der Waals surface area contributed by atoms with Crippen LogP contribution < -0.4 is 10.5 Å². The summed E-state index contributed by atoms with van der Waals surface area (Å²) in [6.45, 7) is 2.67. The van der Waals surface area contributed by atoms with Gasteiger partial charge in [0.05, 0.1) is 30.2 Å². The van der Waals surface area contributed by atoms with E-state index in [1.807, 2.05) is 18.9 Å². The van der Waals surface area contributed by atoms with Gasteiger partial charge in [0.2, 0.25) is 5.88 Å². The van der Waals surface area contributed by atoms with Crippen LogP contribution in [0.1, 0.15) is 17.3 Å². The van der Waals surface area contributed by atoms with Crippen molar-refractivity contribution in [2.75, 3.05) is 39.3 Å². The largest absolute Gasteiger partial charge is 0.481 e. The number of aromatic nitrogens is 2. The average molecular weight is 304 g/mol. The third-order valence-electron chi connectivity index (χ3n) is 3.31. The summed E-state index contributed by atoms with van der Waals surface area (Å²) in [5.41, 5.74) is 7.61. The SMILES string of the molecule is COc1c(C(CN)N(C)CCS(C)(=O)=O)c(C)nn1C. The van der Waals surface area contributed by atoms with Gasteiger partial charge in [-0.05, 0) is 14.0 Å². The highest BCUT2D eigenvalue weighted by Gasteiger charge is 2.25. The predicted octanol–water partition coefficient (Wildman–Crippen LogP) is -0.287. The van der Waals surface area contributed by atoms with Crippen LogP contribution in [-0.2, 0) is 16.9 Å². The normalized spacial score (nSPS) is 13.8. The van der Waals surface area contributed by atoms with Gasteiger partial charge in [0.25, 0.3) is 0 Å². The van der Waals surface area contributed by atoms with Crippen molar-refractivity contribution in [3.05, 3.63) is 11.3 Å². The number of nitrogens with two attached hydrogens (primary N) is 1. The number of hydrogen-bond acceptors (Lipinski definition) is 6. The summed E-state index contributed by atoms with van der Waals surface area (Å²) in [7, 11) is 2.25. The van der Waals surface area contributed by atoms with Crippen LogP contribution in [0.5, 0.6) is 5.88 Å². The van der Waals surface area contributed by atoms with E-state index in [-0.39, 0.29) is 11.8 Å². The fraction of sp³-hybridized carbons (Fsp3) is 0.750. The topological polar surface area (TPSA) is 90.4 Å². The van der Waals surface area contributed by atoms with Gasteiger partial charge in [-0.15, -0.1) is 0 Å².